The van der Waals surface area contributed by atoms with Gasteiger partial charge in [-0.25, -0.2) is 4.39 Å². The number of anilines is 1. The highest BCUT2D eigenvalue weighted by Crippen LogP contribution is 2.11. The van der Waals surface area contributed by atoms with Crippen LogP contribution in [0.5, 0.6) is 0 Å². The largest absolute Gasteiger partial charge is 0.399 e. The first-order chi connectivity index (χ1) is 8.00. The average molecular weight is 238 g/mol. The summed E-state index contributed by atoms with van der Waals surface area (Å²) in [6, 6.07) is 4.00. The Morgan fingerprint density at radius 2 is 2.18 bits per heavy atom. The fraction of sp³-hybridized carbons (Fsp3) is 0.462. The zero-order valence-corrected chi connectivity index (χ0v) is 10.3. The van der Waals surface area contributed by atoms with Crippen molar-refractivity contribution < 1.29 is 9.18 Å². The zero-order valence-electron chi connectivity index (χ0n) is 10.3. The van der Waals surface area contributed by atoms with E-state index in [1.54, 1.807) is 0 Å². The third-order valence-electron chi connectivity index (χ3n) is 2.48. The van der Waals surface area contributed by atoms with E-state index in [2.05, 4.69) is 19.2 Å². The number of amides is 1. The van der Waals surface area contributed by atoms with Gasteiger partial charge in [-0.1, -0.05) is 13.8 Å². The molecule has 1 aromatic rings. The normalized spacial score (nSPS) is 10.6. The molecule has 1 amide bonds. The van der Waals surface area contributed by atoms with Crippen molar-refractivity contribution in [1.82, 2.24) is 5.32 Å². The molecule has 0 radical (unpaired) electrons. The van der Waals surface area contributed by atoms with E-state index in [1.165, 1.54) is 18.2 Å². The van der Waals surface area contributed by atoms with Gasteiger partial charge in [0.25, 0.3) is 5.91 Å². The summed E-state index contributed by atoms with van der Waals surface area (Å²) in [5, 5.41) is 2.69. The van der Waals surface area contributed by atoms with E-state index in [9.17, 15) is 9.18 Å². The first-order valence-corrected chi connectivity index (χ1v) is 5.84. The number of hydrogen-bond acceptors (Lipinski definition) is 2. The SMILES string of the molecule is CC(C)CCCNC(=O)c1cc(N)ccc1F. The fourth-order valence-electron chi connectivity index (χ4n) is 1.52. The highest BCUT2D eigenvalue weighted by Gasteiger charge is 2.11. The number of nitrogen functional groups attached to an aromatic ring is 1. The molecule has 0 aromatic heterocycles. The van der Waals surface area contributed by atoms with E-state index in [0.29, 0.717) is 18.2 Å². The van der Waals surface area contributed by atoms with E-state index in [-0.39, 0.29) is 5.56 Å². The second-order valence-corrected chi connectivity index (χ2v) is 4.53. The van der Waals surface area contributed by atoms with Gasteiger partial charge in [0.2, 0.25) is 0 Å². The molecule has 0 aliphatic rings. The van der Waals surface area contributed by atoms with Gasteiger partial charge in [0.1, 0.15) is 5.82 Å². The lowest BCUT2D eigenvalue weighted by Gasteiger charge is -2.08. The van der Waals surface area contributed by atoms with Gasteiger partial charge in [-0.05, 0) is 37.0 Å². The summed E-state index contributed by atoms with van der Waals surface area (Å²) in [5.41, 5.74) is 5.91. The Kier molecular flexibility index (Phi) is 4.94. The summed E-state index contributed by atoms with van der Waals surface area (Å²) in [7, 11) is 0. The summed E-state index contributed by atoms with van der Waals surface area (Å²) in [4.78, 5) is 11.7. The molecule has 0 aliphatic carbocycles. The Balaban J connectivity index is 2.49. The van der Waals surface area contributed by atoms with E-state index in [0.717, 1.165) is 12.8 Å². The Morgan fingerprint density at radius 1 is 1.47 bits per heavy atom. The molecule has 0 aliphatic heterocycles. The second-order valence-electron chi connectivity index (χ2n) is 4.53. The van der Waals surface area contributed by atoms with Crippen molar-refractivity contribution in [2.45, 2.75) is 26.7 Å². The summed E-state index contributed by atoms with van der Waals surface area (Å²) >= 11 is 0. The fourth-order valence-corrected chi connectivity index (χ4v) is 1.52. The van der Waals surface area contributed by atoms with Crippen molar-refractivity contribution in [1.29, 1.82) is 0 Å². The van der Waals surface area contributed by atoms with Crippen LogP contribution < -0.4 is 11.1 Å². The predicted octanol–water partition coefficient (Wildman–Crippen LogP) is 2.57. The number of halogens is 1. The number of benzene rings is 1. The Labute approximate surface area is 101 Å². The maximum atomic E-state index is 13.3. The van der Waals surface area contributed by atoms with Gasteiger partial charge < -0.3 is 11.1 Å². The van der Waals surface area contributed by atoms with E-state index in [1.807, 2.05) is 0 Å². The molecule has 0 atom stereocenters. The van der Waals surface area contributed by atoms with Crippen LogP contribution in [-0.4, -0.2) is 12.5 Å². The molecule has 3 N–H and O–H groups in total. The molecule has 1 aromatic carbocycles. The number of hydrogen-bond donors (Lipinski definition) is 2. The minimum atomic E-state index is -0.541. The topological polar surface area (TPSA) is 55.1 Å². The number of carbonyl (C=O) groups is 1. The van der Waals surface area contributed by atoms with Crippen LogP contribution in [0.4, 0.5) is 10.1 Å². The highest BCUT2D eigenvalue weighted by atomic mass is 19.1. The lowest BCUT2D eigenvalue weighted by molar-refractivity contribution is 0.0948. The van der Waals surface area contributed by atoms with Gasteiger partial charge in [-0.2, -0.15) is 0 Å². The maximum absolute atomic E-state index is 13.3. The lowest BCUT2D eigenvalue weighted by atomic mass is 10.1. The Morgan fingerprint density at radius 3 is 2.82 bits per heavy atom. The van der Waals surface area contributed by atoms with Gasteiger partial charge in [0, 0.05) is 12.2 Å². The van der Waals surface area contributed by atoms with Crippen LogP contribution >= 0.6 is 0 Å². The summed E-state index contributed by atoms with van der Waals surface area (Å²) in [5.74, 6) is -0.338. The second kappa shape index (κ2) is 6.23. The highest BCUT2D eigenvalue weighted by molar-refractivity contribution is 5.95. The molecule has 0 saturated heterocycles. The predicted molar refractivity (Wildman–Crippen MR) is 67.2 cm³/mol. The number of nitrogens with two attached hydrogens (primary N) is 1. The van der Waals surface area contributed by atoms with E-state index >= 15 is 0 Å². The van der Waals surface area contributed by atoms with Gasteiger partial charge in [-0.3, -0.25) is 4.79 Å². The average Bonchev–Trinajstić information content (AvgIpc) is 2.27. The van der Waals surface area contributed by atoms with Gasteiger partial charge >= 0.3 is 0 Å². The first kappa shape index (κ1) is 13.5. The number of nitrogens with one attached hydrogen (secondary N) is 1. The molecular weight excluding hydrogens is 219 g/mol. The molecule has 4 heteroatoms. The monoisotopic (exact) mass is 238 g/mol. The summed E-state index contributed by atoms with van der Waals surface area (Å²) in [6.45, 7) is 4.81. The molecular formula is C13H19FN2O. The van der Waals surface area contributed by atoms with Crippen LogP contribution in [-0.2, 0) is 0 Å². The van der Waals surface area contributed by atoms with Crippen LogP contribution in [0, 0.1) is 11.7 Å². The number of rotatable bonds is 5. The van der Waals surface area contributed by atoms with Gasteiger partial charge in [0.05, 0.1) is 5.56 Å². The molecule has 0 saturated carbocycles. The smallest absolute Gasteiger partial charge is 0.254 e. The molecule has 0 spiro atoms. The standard InChI is InChI=1S/C13H19FN2O/c1-9(2)4-3-7-16-13(17)11-8-10(15)5-6-12(11)14/h5-6,8-9H,3-4,7,15H2,1-2H3,(H,16,17). The van der Waals surface area contributed by atoms with Gasteiger partial charge in [-0.15, -0.1) is 0 Å². The van der Waals surface area contributed by atoms with Crippen LogP contribution in [0.25, 0.3) is 0 Å². The minimum absolute atomic E-state index is 0.00884. The zero-order chi connectivity index (χ0) is 12.8. The van der Waals surface area contributed by atoms with Crippen LogP contribution in [0.3, 0.4) is 0 Å². The molecule has 3 nitrogen and oxygen atoms in total. The molecule has 1 rings (SSSR count). The molecule has 94 valence electrons. The third-order valence-corrected chi connectivity index (χ3v) is 2.48. The maximum Gasteiger partial charge on any atom is 0.254 e. The van der Waals surface area contributed by atoms with Crippen molar-refractivity contribution in [2.75, 3.05) is 12.3 Å². The van der Waals surface area contributed by atoms with Crippen LogP contribution in [0.15, 0.2) is 18.2 Å². The number of carbonyl (C=O) groups excluding carboxylic acids is 1. The minimum Gasteiger partial charge on any atom is -0.399 e. The van der Waals surface area contributed by atoms with Crippen LogP contribution in [0.2, 0.25) is 0 Å². The molecule has 17 heavy (non-hydrogen) atoms. The first-order valence-electron chi connectivity index (χ1n) is 5.84. The van der Waals surface area contributed by atoms with E-state index < -0.39 is 11.7 Å². The summed E-state index contributed by atoms with van der Waals surface area (Å²) < 4.78 is 13.3. The third kappa shape index (κ3) is 4.43. The Bertz CT molecular complexity index is 391. The Hall–Kier alpha value is -1.58. The molecule has 0 heterocycles. The van der Waals surface area contributed by atoms with Crippen molar-refractivity contribution in [3.05, 3.63) is 29.6 Å². The van der Waals surface area contributed by atoms with Crippen molar-refractivity contribution in [2.24, 2.45) is 5.92 Å². The van der Waals surface area contributed by atoms with Crippen molar-refractivity contribution in [3.63, 3.8) is 0 Å². The molecule has 0 unspecified atom stereocenters. The van der Waals surface area contributed by atoms with Gasteiger partial charge in [0.15, 0.2) is 0 Å². The lowest BCUT2D eigenvalue weighted by Crippen LogP contribution is -2.25. The quantitative estimate of drug-likeness (QED) is 0.612. The summed E-state index contributed by atoms with van der Waals surface area (Å²) in [6.07, 6.45) is 1.94. The van der Waals surface area contributed by atoms with Crippen molar-refractivity contribution >= 4 is 11.6 Å². The van der Waals surface area contributed by atoms with E-state index in [4.69, 9.17) is 5.73 Å². The van der Waals surface area contributed by atoms with Crippen molar-refractivity contribution in [3.8, 4) is 0 Å². The molecule has 0 bridgehead atoms. The molecule has 0 fully saturated rings. The van der Waals surface area contributed by atoms with Crippen LogP contribution in [0.1, 0.15) is 37.0 Å².